The van der Waals surface area contributed by atoms with E-state index in [1.165, 1.54) is 18.3 Å². The molecule has 10 heteroatoms. The highest BCUT2D eigenvalue weighted by Gasteiger charge is 2.38. The molecule has 3 N–H and O–H groups in total. The number of nitrogens with zero attached hydrogens (tertiary/aromatic N) is 2. The predicted molar refractivity (Wildman–Crippen MR) is 129 cm³/mol. The highest BCUT2D eigenvalue weighted by atomic mass is 32.2. The number of carbonyl (C=O) groups is 1. The van der Waals surface area contributed by atoms with Crippen LogP contribution in [0.1, 0.15) is 36.8 Å². The van der Waals surface area contributed by atoms with Crippen LogP contribution in [0.5, 0.6) is 0 Å². The molecular formula is C24H26N3O5S2-. The molecule has 2 atom stereocenters. The smallest absolute Gasteiger partial charge is 0.250 e. The fourth-order valence-corrected chi connectivity index (χ4v) is 5.99. The van der Waals surface area contributed by atoms with Gasteiger partial charge in [0.1, 0.15) is 0 Å². The van der Waals surface area contributed by atoms with E-state index in [4.69, 9.17) is 5.21 Å². The molecule has 1 aromatic heterocycles. The number of hydrogen-bond acceptors (Lipinski definition) is 8. The van der Waals surface area contributed by atoms with E-state index in [2.05, 4.69) is 33.6 Å². The zero-order valence-electron chi connectivity index (χ0n) is 18.7. The maximum Gasteiger partial charge on any atom is 0.250 e. The summed E-state index contributed by atoms with van der Waals surface area (Å²) in [6.45, 7) is 3.41. The van der Waals surface area contributed by atoms with Gasteiger partial charge in [-0.05, 0) is 56.2 Å². The third-order valence-electron chi connectivity index (χ3n) is 6.47. The lowest BCUT2D eigenvalue weighted by Gasteiger charge is -2.48. The minimum atomic E-state index is -2.42. The predicted octanol–water partition coefficient (Wildman–Crippen LogP) is 1.43. The van der Waals surface area contributed by atoms with Crippen LogP contribution in [0, 0.1) is 35.0 Å². The molecule has 4 rings (SSSR count). The molecule has 1 aliphatic carbocycles. The Morgan fingerprint density at radius 3 is 2.82 bits per heavy atom. The summed E-state index contributed by atoms with van der Waals surface area (Å²) < 4.78 is 23.3. The monoisotopic (exact) mass is 500 g/mol. The van der Waals surface area contributed by atoms with Crippen molar-refractivity contribution in [1.29, 1.82) is 0 Å². The first-order chi connectivity index (χ1) is 16.3. The number of nitrogens with one attached hydrogen (secondary N) is 1. The van der Waals surface area contributed by atoms with Gasteiger partial charge in [-0.1, -0.05) is 22.9 Å². The minimum absolute atomic E-state index is 0.128. The first-order valence-electron chi connectivity index (χ1n) is 11.1. The van der Waals surface area contributed by atoms with E-state index in [-0.39, 0.29) is 18.3 Å². The lowest BCUT2D eigenvalue weighted by atomic mass is 9.84. The van der Waals surface area contributed by atoms with Gasteiger partial charge in [0.25, 0.3) is 0 Å². The molecule has 1 saturated heterocycles. The van der Waals surface area contributed by atoms with Crippen molar-refractivity contribution in [2.75, 3.05) is 18.8 Å². The van der Waals surface area contributed by atoms with Gasteiger partial charge in [0.15, 0.2) is 0 Å². The topological polar surface area (TPSA) is 126 Å². The maximum absolute atomic E-state index is 12.0. The Labute approximate surface area is 205 Å². The van der Waals surface area contributed by atoms with Crippen molar-refractivity contribution in [3.05, 3.63) is 28.8 Å². The fraction of sp³-hybridized carbons (Fsp3) is 0.500. The lowest BCUT2D eigenvalue weighted by molar-refractivity contribution is -0.138. The van der Waals surface area contributed by atoms with Crippen molar-refractivity contribution < 1.29 is 23.9 Å². The van der Waals surface area contributed by atoms with Crippen molar-refractivity contribution in [2.45, 2.75) is 44.8 Å². The molecule has 1 aliphatic heterocycles. The van der Waals surface area contributed by atoms with Crippen LogP contribution in [0.3, 0.4) is 0 Å². The molecule has 0 radical (unpaired) electrons. The fourth-order valence-electron chi connectivity index (χ4n) is 4.19. The molecule has 1 saturated carbocycles. The highest BCUT2D eigenvalue weighted by molar-refractivity contribution is 7.79. The number of aryl methyl sites for hydroxylation is 1. The first-order valence-corrected chi connectivity index (χ1v) is 13.2. The SMILES string of the molecule is C[C@](CCc1nc2ccc(C#CC#CC3CN(C4CC(O)C4)C3)cc2s1)(CS(=O)[O-])C(=O)NO. The summed E-state index contributed by atoms with van der Waals surface area (Å²) in [7, 11) is 0. The average molecular weight is 501 g/mol. The van der Waals surface area contributed by atoms with Crippen LogP contribution in [-0.2, 0) is 22.3 Å². The molecule has 2 heterocycles. The van der Waals surface area contributed by atoms with Gasteiger partial charge in [0.05, 0.1) is 26.7 Å². The van der Waals surface area contributed by atoms with Gasteiger partial charge in [-0.15, -0.1) is 11.3 Å². The molecule has 0 bridgehead atoms. The standard InChI is InChI=1S/C24H27N3O5S2/c1-24(15-34(31)32,23(29)26-30)9-8-22-25-20-7-6-16(10-21(20)33-22)4-2-3-5-17-13-27(14-17)18-11-19(28)12-18/h6-7,10,17-19,28,30H,8-9,11-15H2,1H3,(H,26,29)(H,31,32)/p-1/t18?,19?,24-/m0/s1. The van der Waals surface area contributed by atoms with Gasteiger partial charge >= 0.3 is 0 Å². The van der Waals surface area contributed by atoms with E-state index >= 15 is 0 Å². The number of amides is 1. The largest absolute Gasteiger partial charge is 0.772 e. The number of hydrogen-bond donors (Lipinski definition) is 3. The number of thiazole rings is 1. The molecule has 180 valence electrons. The number of aliphatic hydroxyl groups is 1. The van der Waals surface area contributed by atoms with Crippen molar-refractivity contribution >= 4 is 38.5 Å². The van der Waals surface area contributed by atoms with E-state index in [0.717, 1.165) is 46.7 Å². The number of aromatic nitrogens is 1. The Bertz CT molecular complexity index is 1210. The van der Waals surface area contributed by atoms with Crippen LogP contribution in [0.2, 0.25) is 0 Å². The van der Waals surface area contributed by atoms with Crippen LogP contribution in [-0.4, -0.2) is 65.9 Å². The van der Waals surface area contributed by atoms with E-state index in [9.17, 15) is 18.7 Å². The summed E-state index contributed by atoms with van der Waals surface area (Å²) in [4.78, 5) is 18.9. The van der Waals surface area contributed by atoms with Gasteiger partial charge in [-0.25, -0.2) is 10.5 Å². The molecule has 2 aliphatic rings. The molecule has 8 nitrogen and oxygen atoms in total. The summed E-state index contributed by atoms with van der Waals surface area (Å²) in [5.74, 6) is 11.4. The quantitative estimate of drug-likeness (QED) is 0.227. The third kappa shape index (κ3) is 5.84. The summed E-state index contributed by atoms with van der Waals surface area (Å²) >= 11 is -0.946. The van der Waals surface area contributed by atoms with Gasteiger partial charge in [-0.2, -0.15) is 0 Å². The second-order valence-electron chi connectivity index (χ2n) is 9.19. The molecule has 1 aromatic carbocycles. The molecule has 2 aromatic rings. The van der Waals surface area contributed by atoms with E-state index in [1.807, 2.05) is 18.2 Å². The van der Waals surface area contributed by atoms with E-state index < -0.39 is 22.4 Å². The zero-order chi connectivity index (χ0) is 24.3. The van der Waals surface area contributed by atoms with Crippen molar-refractivity contribution in [3.63, 3.8) is 0 Å². The Morgan fingerprint density at radius 1 is 1.38 bits per heavy atom. The number of aliphatic hydroxyl groups excluding tert-OH is 1. The Morgan fingerprint density at radius 2 is 2.15 bits per heavy atom. The Hall–Kier alpha value is -2.31. The Balaban J connectivity index is 1.34. The summed E-state index contributed by atoms with van der Waals surface area (Å²) in [5, 5.41) is 19.1. The highest BCUT2D eigenvalue weighted by Crippen LogP contribution is 2.31. The van der Waals surface area contributed by atoms with Crippen LogP contribution in [0.4, 0.5) is 0 Å². The third-order valence-corrected chi connectivity index (χ3v) is 8.42. The average Bonchev–Trinajstić information content (AvgIpc) is 3.16. The number of likely N-dealkylation sites (tertiary alicyclic amines) is 1. The van der Waals surface area contributed by atoms with Crippen LogP contribution in [0.25, 0.3) is 10.2 Å². The number of benzene rings is 1. The molecule has 1 amide bonds. The minimum Gasteiger partial charge on any atom is -0.772 e. The van der Waals surface area contributed by atoms with Crippen LogP contribution < -0.4 is 5.48 Å². The first kappa shape index (κ1) is 24.8. The van der Waals surface area contributed by atoms with Gasteiger partial charge in [0, 0.05) is 42.8 Å². The Kier molecular flexibility index (Phi) is 7.68. The molecule has 2 fully saturated rings. The van der Waals surface area contributed by atoms with E-state index in [1.54, 1.807) is 5.48 Å². The summed E-state index contributed by atoms with van der Waals surface area (Å²) in [6.07, 6.45) is 2.26. The summed E-state index contributed by atoms with van der Waals surface area (Å²) in [6, 6.07) is 6.24. The zero-order valence-corrected chi connectivity index (χ0v) is 20.4. The van der Waals surface area contributed by atoms with Gasteiger partial charge < -0.3 is 9.66 Å². The van der Waals surface area contributed by atoms with Gasteiger partial charge in [-0.3, -0.25) is 19.1 Å². The van der Waals surface area contributed by atoms with Crippen LogP contribution >= 0.6 is 11.3 Å². The van der Waals surface area contributed by atoms with Crippen molar-refractivity contribution in [1.82, 2.24) is 15.4 Å². The normalized spacial score (nSPS) is 22.8. The number of carbonyl (C=O) groups excluding carboxylic acids is 1. The maximum atomic E-state index is 12.0. The molecule has 0 spiro atoms. The van der Waals surface area contributed by atoms with Gasteiger partial charge in [0.2, 0.25) is 5.91 Å². The molecular weight excluding hydrogens is 474 g/mol. The lowest BCUT2D eigenvalue weighted by Crippen LogP contribution is -2.57. The van der Waals surface area contributed by atoms with Crippen molar-refractivity contribution in [2.24, 2.45) is 11.3 Å². The number of fused-ring (bicyclic) bond motifs is 1. The van der Waals surface area contributed by atoms with Crippen LogP contribution in [0.15, 0.2) is 18.2 Å². The second-order valence-corrected chi connectivity index (χ2v) is 11.2. The molecule has 1 unspecified atom stereocenters. The number of rotatable bonds is 7. The molecule has 34 heavy (non-hydrogen) atoms. The van der Waals surface area contributed by atoms with E-state index in [0.29, 0.717) is 18.4 Å². The summed E-state index contributed by atoms with van der Waals surface area (Å²) in [5.41, 5.74) is 1.97. The van der Waals surface area contributed by atoms with Crippen molar-refractivity contribution in [3.8, 4) is 23.7 Å². The number of hydroxylamine groups is 1. The second kappa shape index (κ2) is 10.5.